The summed E-state index contributed by atoms with van der Waals surface area (Å²) in [6.45, 7) is 92.5. The van der Waals surface area contributed by atoms with E-state index < -0.39 is 0 Å². The van der Waals surface area contributed by atoms with Crippen molar-refractivity contribution in [2.24, 2.45) is 0 Å². The van der Waals surface area contributed by atoms with Crippen molar-refractivity contribution in [3.05, 3.63) is 0 Å². The lowest BCUT2D eigenvalue weighted by Gasteiger charge is -2.70. The second kappa shape index (κ2) is 41.0. The van der Waals surface area contributed by atoms with Gasteiger partial charge in [0.1, 0.15) is 0 Å². The molecule has 0 amide bonds. The van der Waals surface area contributed by atoms with Crippen LogP contribution in [0, 0.1) is 0 Å². The third kappa shape index (κ3) is 15.1. The van der Waals surface area contributed by atoms with E-state index in [1.165, 1.54) is 0 Å². The van der Waals surface area contributed by atoms with Crippen molar-refractivity contribution in [1.82, 2.24) is 113 Å². The fourth-order valence-corrected chi connectivity index (χ4v) is 25.8. The second-order valence-electron chi connectivity index (χ2n) is 33.0. The van der Waals surface area contributed by atoms with E-state index in [9.17, 15) is 0 Å². The number of rotatable bonds is 28. The van der Waals surface area contributed by atoms with Crippen LogP contribution in [0.3, 0.4) is 0 Å². The van der Waals surface area contributed by atoms with Crippen LogP contribution in [0.1, 0.15) is 194 Å². The van der Waals surface area contributed by atoms with Crippen LogP contribution in [0.5, 0.6) is 0 Å². The van der Waals surface area contributed by atoms with Crippen LogP contribution in [0.2, 0.25) is 102 Å². The lowest BCUT2D eigenvalue weighted by atomic mass is 9.27. The molecule has 9 heterocycles. The molecule has 108 heavy (non-hydrogen) atoms. The quantitative estimate of drug-likeness (QED) is 0.0844. The Labute approximate surface area is 678 Å². The predicted octanol–water partition coefficient (Wildman–Crippen LogP) is 6.12. The van der Waals surface area contributed by atoms with E-state index in [4.69, 9.17) is 0 Å². The molecule has 48 heteroatoms. The molecule has 0 aromatic carbocycles. The Hall–Kier alpha value is 0.598. The number of fused-ring (bicyclic) bond motifs is 22. The van der Waals surface area contributed by atoms with Gasteiger partial charge in [-0.25, -0.2) is 0 Å². The summed E-state index contributed by atoms with van der Waals surface area (Å²) in [5.41, 5.74) is 0. The maximum absolute atomic E-state index is 3.24. The first kappa shape index (κ1) is 92.5. The first-order valence-electron chi connectivity index (χ1n) is 46.4. The molecule has 12 bridgehead atoms. The molecule has 0 saturated carbocycles. The van der Waals surface area contributed by atoms with Crippen LogP contribution in [0.4, 0.5) is 0 Å². The van der Waals surface area contributed by atoms with Crippen LogP contribution < -0.4 is 0 Å². The van der Waals surface area contributed by atoms with E-state index in [-0.39, 0.29) is 169 Å². The monoisotopic (exact) mass is 1470 g/mol. The molecular weight excluding hydrogens is 1320 g/mol. The van der Waals surface area contributed by atoms with Crippen LogP contribution in [-0.2, 0) is 0 Å². The molecule has 0 aromatic heterocycles. The van der Waals surface area contributed by atoms with Crippen molar-refractivity contribution in [2.75, 3.05) is 106 Å². The van der Waals surface area contributed by atoms with Gasteiger partial charge in [0.15, 0.2) is 0 Å². The summed E-state index contributed by atoms with van der Waals surface area (Å²) >= 11 is 0. The van der Waals surface area contributed by atoms with Gasteiger partial charge in [-0.2, -0.15) is 0 Å². The van der Waals surface area contributed by atoms with Gasteiger partial charge >= 0.3 is 56.9 Å². The average molecular weight is 1470 g/mol. The standard InChI is InChI=1S/C60H152B24N24/c1-33-63-85(31)65(35-3)107-77-86(32)64(34-2)92(52-20)78(98(77)58-26)103-70(40-8)90(50-18)71(41-9)104(75(103)45-13)81-96(56-24)67(37-5)97(57-25)82(100(81)60-28)108-69(39-7)87(47-15)61(29)89(49-17)83(108)101-62(30)88(48-16)68(38-6)102(74(101)44-12)79-94(54-22)66(36-4)95(55-23)80(99(79)59-27)105-72(42-10)91(51-19)73(43-11)106(76(105)46-14)84(107)93(63)53-21/h33-60H2,1-32H3. The van der Waals surface area contributed by atoms with Gasteiger partial charge in [0.25, 0.3) is 112 Å². The molecule has 0 spiro atoms. The van der Waals surface area contributed by atoms with Crippen molar-refractivity contribution in [1.29, 1.82) is 0 Å². The average Bonchev–Trinajstić information content (AvgIpc) is 0.702. The zero-order valence-corrected chi connectivity index (χ0v) is 76.4. The van der Waals surface area contributed by atoms with Crippen molar-refractivity contribution in [3.8, 4) is 0 Å². The second-order valence-corrected chi connectivity index (χ2v) is 33.0. The highest BCUT2D eigenvalue weighted by molar-refractivity contribution is 7.11. The van der Waals surface area contributed by atoms with Gasteiger partial charge in [-0.3, -0.25) is 0 Å². The summed E-state index contributed by atoms with van der Waals surface area (Å²) in [5.74, 6) is 0. The molecule has 9 saturated heterocycles. The molecule has 0 aromatic rings. The molecule has 9 fully saturated rings. The van der Waals surface area contributed by atoms with Gasteiger partial charge < -0.3 is 113 Å². The minimum absolute atomic E-state index is 0.00998. The summed E-state index contributed by atoms with van der Waals surface area (Å²) in [4.78, 5) is 0. The Morgan fingerprint density at radius 3 is 0.639 bits per heavy atom. The normalized spacial score (nSPS) is 27.0. The van der Waals surface area contributed by atoms with Crippen molar-refractivity contribution >= 4 is 169 Å². The maximum atomic E-state index is 3.24. The summed E-state index contributed by atoms with van der Waals surface area (Å²) < 4.78 is 74.2. The van der Waals surface area contributed by atoms with Crippen molar-refractivity contribution < 1.29 is 0 Å². The number of hydrogen-bond donors (Lipinski definition) is 0. The van der Waals surface area contributed by atoms with Crippen LogP contribution in [0.25, 0.3) is 0 Å². The van der Waals surface area contributed by atoms with Crippen LogP contribution in [0.15, 0.2) is 0 Å². The van der Waals surface area contributed by atoms with Gasteiger partial charge in [-0.05, 0) is 194 Å². The summed E-state index contributed by atoms with van der Waals surface area (Å²) in [6, 6.07) is 0. The highest BCUT2D eigenvalue weighted by Gasteiger charge is 2.73. The van der Waals surface area contributed by atoms with E-state index in [0.29, 0.717) is 0 Å². The van der Waals surface area contributed by atoms with Crippen molar-refractivity contribution in [2.45, 2.75) is 296 Å². The van der Waals surface area contributed by atoms with Crippen molar-refractivity contribution in [3.63, 3.8) is 0 Å². The zero-order chi connectivity index (χ0) is 79.5. The van der Waals surface area contributed by atoms with Crippen LogP contribution >= 0.6 is 0 Å². The predicted molar refractivity (Wildman–Crippen MR) is 500 cm³/mol. The molecule has 9 aliphatic rings. The van der Waals surface area contributed by atoms with Gasteiger partial charge in [-0.1, -0.05) is 208 Å². The third-order valence-electron chi connectivity index (χ3n) is 29.5. The fourth-order valence-electron chi connectivity index (χ4n) is 25.8. The molecule has 24 nitrogen and oxygen atoms in total. The highest BCUT2D eigenvalue weighted by Crippen LogP contribution is 2.44. The number of hydrogen-bond acceptors (Lipinski definition) is 24. The van der Waals surface area contributed by atoms with Gasteiger partial charge in [0.2, 0.25) is 0 Å². The summed E-state index contributed by atoms with van der Waals surface area (Å²) in [6.07, 6.45) is 14.5. The zero-order valence-electron chi connectivity index (χ0n) is 76.4. The third-order valence-corrected chi connectivity index (χ3v) is 29.5. The molecule has 0 radical (unpaired) electrons. The Bertz CT molecular complexity index is 2540. The number of nitrogens with zero attached hydrogens (tertiary/aromatic N) is 24. The summed E-state index contributed by atoms with van der Waals surface area (Å²) in [5, 5.41) is 0. The van der Waals surface area contributed by atoms with Gasteiger partial charge in [0.05, 0.1) is 0 Å². The smallest absolute Gasteiger partial charge is 0.364 e. The molecule has 6 atom stereocenters. The Morgan fingerprint density at radius 2 is 0.343 bits per heavy atom. The van der Waals surface area contributed by atoms with Gasteiger partial charge in [-0.15, -0.1) is 0 Å². The van der Waals surface area contributed by atoms with E-state index >= 15 is 0 Å². The first-order valence-corrected chi connectivity index (χ1v) is 46.4. The lowest BCUT2D eigenvalue weighted by Crippen LogP contribution is -2.98. The molecule has 584 valence electrons. The molecule has 9 rings (SSSR count). The lowest BCUT2D eigenvalue weighted by molar-refractivity contribution is 0.373. The molecule has 0 aliphatic carbocycles. The minimum atomic E-state index is -0.0584. The maximum Gasteiger partial charge on any atom is 0.364 e. The first-order chi connectivity index (χ1) is 52.2. The van der Waals surface area contributed by atoms with E-state index in [2.05, 4.69) is 334 Å². The molecular formula is C60H152B24N24. The largest absolute Gasteiger partial charge is 0.373 e. The molecule has 6 unspecified atom stereocenters. The highest BCUT2D eigenvalue weighted by atomic mass is 15.6. The molecule has 0 N–H and O–H groups in total. The Balaban J connectivity index is 1.54. The topological polar surface area (TPSA) is 77.8 Å². The fraction of sp³-hybridized carbons (Fsp3) is 1.00. The van der Waals surface area contributed by atoms with E-state index in [1.54, 1.807) is 0 Å². The van der Waals surface area contributed by atoms with Gasteiger partial charge in [0, 0.05) is 0 Å². The minimum Gasteiger partial charge on any atom is -0.373 e. The van der Waals surface area contributed by atoms with E-state index in [1.807, 2.05) is 0 Å². The van der Waals surface area contributed by atoms with Crippen LogP contribution in [-0.4, -0.2) is 387 Å². The Morgan fingerprint density at radius 1 is 0.139 bits per heavy atom. The Kier molecular flexibility index (Phi) is 35.1. The van der Waals surface area contributed by atoms with E-state index in [0.717, 1.165) is 180 Å². The summed E-state index contributed by atoms with van der Waals surface area (Å²) in [7, 11) is 4.84. The SMILES string of the molecule is CCB1N(C)B2N(CC)B(N1CC)N1B(CC)N(CC)B(CC)N(B3N(CC)B(CC)N(CC)B(N3CC)N3B(CC)N(CC)B(C)N(CC)B3N3B(C)N(CC)B(CC)N(B4N(CC)B(CC)N(CC)B(N4CC)N4B(CC)N(CC)B(CC)N(B4CC)B4N(CC)B(CC)N(C)B(CC)N24)B3CC)B1CC. The molecule has 9 aliphatic heterocycles.